The van der Waals surface area contributed by atoms with Crippen molar-refractivity contribution in [1.82, 2.24) is 14.7 Å². The van der Waals surface area contributed by atoms with Crippen LogP contribution in [0, 0.1) is 0 Å². The number of rotatable bonds is 7. The first-order chi connectivity index (χ1) is 21.3. The van der Waals surface area contributed by atoms with E-state index in [-0.39, 0.29) is 23.5 Å². The van der Waals surface area contributed by atoms with Gasteiger partial charge in [-0.2, -0.15) is 31.3 Å². The number of nitrogens with zero attached hydrogens (tertiary/aromatic N) is 4. The van der Waals surface area contributed by atoms with Crippen molar-refractivity contribution in [2.45, 2.75) is 31.8 Å². The van der Waals surface area contributed by atoms with E-state index >= 15 is 0 Å². The van der Waals surface area contributed by atoms with Gasteiger partial charge in [-0.25, -0.2) is 0 Å². The average molecular weight is 657 g/mol. The highest BCUT2D eigenvalue weighted by molar-refractivity contribution is 8.18. The monoisotopic (exact) mass is 656 g/mol. The predicted molar refractivity (Wildman–Crippen MR) is 156 cm³/mol. The molecule has 15 heteroatoms. The van der Waals surface area contributed by atoms with E-state index in [1.54, 1.807) is 12.1 Å². The number of amides is 2. The Bertz CT molecular complexity index is 1500. The summed E-state index contributed by atoms with van der Waals surface area (Å²) in [6.07, 6.45) is -6.25. The molecule has 5 rings (SSSR count). The molecule has 0 bridgehead atoms. The van der Waals surface area contributed by atoms with Gasteiger partial charge in [0.1, 0.15) is 6.61 Å². The van der Waals surface area contributed by atoms with Gasteiger partial charge in [0.15, 0.2) is 16.7 Å². The Kier molecular flexibility index (Phi) is 9.68. The van der Waals surface area contributed by atoms with Crippen molar-refractivity contribution in [1.29, 1.82) is 0 Å². The molecule has 2 fully saturated rings. The third kappa shape index (κ3) is 7.93. The molecule has 0 atom stereocenters. The van der Waals surface area contributed by atoms with Crippen LogP contribution in [0.3, 0.4) is 0 Å². The van der Waals surface area contributed by atoms with E-state index < -0.39 is 41.6 Å². The van der Waals surface area contributed by atoms with Gasteiger partial charge in [0.25, 0.3) is 5.91 Å². The van der Waals surface area contributed by atoms with E-state index in [1.807, 2.05) is 9.80 Å². The fraction of sp³-hybridized carbons (Fsp3) is 0.433. The van der Waals surface area contributed by atoms with Crippen molar-refractivity contribution >= 4 is 34.8 Å². The Labute approximate surface area is 259 Å². The Morgan fingerprint density at radius 1 is 0.933 bits per heavy atom. The average Bonchev–Trinajstić information content (AvgIpc) is 3.66. The topological polar surface area (TPSA) is 74.7 Å². The largest absolute Gasteiger partial charge is 0.493 e. The molecular weight excluding hydrogens is 626 g/mol. The van der Waals surface area contributed by atoms with Crippen LogP contribution in [0.5, 0.6) is 11.5 Å². The minimum absolute atomic E-state index is 0.0637. The second-order valence-electron chi connectivity index (χ2n) is 10.7. The molecular formula is C30H30F6N4O4S. The molecule has 3 aliphatic heterocycles. The van der Waals surface area contributed by atoms with Gasteiger partial charge < -0.3 is 19.3 Å². The molecule has 0 saturated carbocycles. The summed E-state index contributed by atoms with van der Waals surface area (Å²) in [6.45, 7) is 3.93. The van der Waals surface area contributed by atoms with Crippen molar-refractivity contribution in [3.8, 4) is 11.5 Å². The fourth-order valence-corrected chi connectivity index (χ4v) is 6.20. The number of aliphatic imine (C=N–C) groups is 1. The van der Waals surface area contributed by atoms with Gasteiger partial charge in [-0.05, 0) is 60.5 Å². The highest BCUT2D eigenvalue weighted by atomic mass is 32.2. The Hall–Kier alpha value is -3.72. The molecule has 8 nitrogen and oxygen atoms in total. The summed E-state index contributed by atoms with van der Waals surface area (Å²) in [7, 11) is 1.33. The number of methoxy groups -OCH3 is 1. The van der Waals surface area contributed by atoms with Crippen molar-refractivity contribution in [2.24, 2.45) is 4.99 Å². The second kappa shape index (κ2) is 13.3. The van der Waals surface area contributed by atoms with Crippen LogP contribution in [0.25, 0.3) is 6.08 Å². The number of carbonyl (C=O) groups excluding carboxylic acids is 2. The quantitative estimate of drug-likeness (QED) is 0.287. The number of amidine groups is 1. The lowest BCUT2D eigenvalue weighted by Gasteiger charge is -2.35. The third-order valence-corrected chi connectivity index (χ3v) is 8.73. The van der Waals surface area contributed by atoms with Gasteiger partial charge in [0, 0.05) is 44.8 Å². The van der Waals surface area contributed by atoms with E-state index in [0.717, 1.165) is 32.0 Å². The molecule has 2 saturated heterocycles. The minimum Gasteiger partial charge on any atom is -0.493 e. The van der Waals surface area contributed by atoms with Crippen molar-refractivity contribution in [3.05, 3.63) is 63.6 Å². The number of thioether (sulfide) groups is 1. The number of alkyl halides is 6. The van der Waals surface area contributed by atoms with E-state index in [0.29, 0.717) is 54.4 Å². The van der Waals surface area contributed by atoms with Crippen molar-refractivity contribution in [3.63, 3.8) is 0 Å². The SMILES string of the molecule is COc1cc(/C=C2/SC(N3CCN(CC(=O)N4CCCC4)CC3)=NC2=O)ccc1OCc1ccc(C(F)(F)F)cc1C(F)(F)F. The van der Waals surface area contributed by atoms with Crippen LogP contribution in [-0.2, 0) is 28.5 Å². The molecule has 3 heterocycles. The molecule has 0 radical (unpaired) electrons. The maximum absolute atomic E-state index is 13.5. The maximum atomic E-state index is 13.5. The first-order valence-electron chi connectivity index (χ1n) is 14.2. The van der Waals surface area contributed by atoms with Crippen LogP contribution in [0.15, 0.2) is 46.3 Å². The summed E-state index contributed by atoms with van der Waals surface area (Å²) in [5, 5.41) is 0.570. The minimum atomic E-state index is -5.02. The number of carbonyl (C=O) groups is 2. The smallest absolute Gasteiger partial charge is 0.416 e. The molecule has 0 spiro atoms. The van der Waals surface area contributed by atoms with Gasteiger partial charge in [0.05, 0.1) is 29.7 Å². The second-order valence-corrected chi connectivity index (χ2v) is 11.7. The summed E-state index contributed by atoms with van der Waals surface area (Å²) in [5.41, 5.74) is -2.78. The normalized spacial score (nSPS) is 19.0. The molecule has 242 valence electrons. The third-order valence-electron chi connectivity index (χ3n) is 7.68. The van der Waals surface area contributed by atoms with Crippen LogP contribution in [-0.4, -0.2) is 84.6 Å². The van der Waals surface area contributed by atoms with E-state index in [9.17, 15) is 35.9 Å². The highest BCUT2D eigenvalue weighted by Gasteiger charge is 2.38. The van der Waals surface area contributed by atoms with Crippen molar-refractivity contribution in [2.75, 3.05) is 52.9 Å². The van der Waals surface area contributed by atoms with Crippen molar-refractivity contribution < 1.29 is 45.4 Å². The summed E-state index contributed by atoms with van der Waals surface area (Å²) < 4.78 is 90.4. The highest BCUT2D eigenvalue weighted by Crippen LogP contribution is 2.39. The number of likely N-dealkylation sites (tertiary alicyclic amines) is 1. The standard InChI is InChI=1S/C30H30F6N4O4S/c1-43-24-14-19(4-7-23(24)44-18-20-5-6-21(29(31,32)33)16-22(20)30(34,35)36)15-25-27(42)37-28(45-25)40-12-10-38(11-13-40)17-26(41)39-8-2-3-9-39/h4-7,14-16H,2-3,8-13,17-18H2,1H3/b25-15+. The molecule has 0 N–H and O–H groups in total. The molecule has 2 aromatic rings. The molecule has 0 aromatic heterocycles. The van der Waals surface area contributed by atoms with E-state index in [1.165, 1.54) is 31.0 Å². The molecule has 2 aromatic carbocycles. The van der Waals surface area contributed by atoms with Crippen LogP contribution < -0.4 is 9.47 Å². The summed E-state index contributed by atoms with van der Waals surface area (Å²) in [5.74, 6) is -0.0496. The Balaban J connectivity index is 1.20. The van der Waals surface area contributed by atoms with Crippen LogP contribution >= 0.6 is 11.8 Å². The van der Waals surface area contributed by atoms with Gasteiger partial charge in [-0.3, -0.25) is 14.5 Å². The predicted octanol–water partition coefficient (Wildman–Crippen LogP) is 5.52. The Morgan fingerprint density at radius 2 is 1.64 bits per heavy atom. The first kappa shape index (κ1) is 32.7. The van der Waals surface area contributed by atoms with Gasteiger partial charge in [0.2, 0.25) is 5.91 Å². The lowest BCUT2D eigenvalue weighted by molar-refractivity contribution is -0.143. The maximum Gasteiger partial charge on any atom is 0.416 e. The molecule has 3 aliphatic rings. The number of piperazine rings is 1. The molecule has 45 heavy (non-hydrogen) atoms. The zero-order valence-electron chi connectivity index (χ0n) is 24.2. The lowest BCUT2D eigenvalue weighted by Crippen LogP contribution is -2.50. The molecule has 2 amide bonds. The number of benzene rings is 2. The molecule has 0 aliphatic carbocycles. The Morgan fingerprint density at radius 3 is 2.29 bits per heavy atom. The van der Waals surface area contributed by atoms with E-state index in [4.69, 9.17) is 9.47 Å². The van der Waals surface area contributed by atoms with E-state index in [2.05, 4.69) is 9.89 Å². The first-order valence-corrected chi connectivity index (χ1v) is 15.0. The number of hydrogen-bond donors (Lipinski definition) is 0. The zero-order valence-corrected chi connectivity index (χ0v) is 25.0. The number of hydrogen-bond acceptors (Lipinski definition) is 7. The van der Waals surface area contributed by atoms with Gasteiger partial charge >= 0.3 is 12.4 Å². The summed E-state index contributed by atoms with van der Waals surface area (Å²) in [6, 6.07) is 5.92. The van der Waals surface area contributed by atoms with Crippen LogP contribution in [0.4, 0.5) is 26.3 Å². The summed E-state index contributed by atoms with van der Waals surface area (Å²) in [4.78, 5) is 35.7. The lowest BCUT2D eigenvalue weighted by atomic mass is 10.0. The summed E-state index contributed by atoms with van der Waals surface area (Å²) >= 11 is 1.22. The number of halogens is 6. The number of ether oxygens (including phenoxy) is 2. The fourth-order valence-electron chi connectivity index (χ4n) is 5.23. The van der Waals surface area contributed by atoms with Crippen LogP contribution in [0.1, 0.15) is 35.1 Å². The molecule has 0 unspecified atom stereocenters. The van der Waals surface area contributed by atoms with Gasteiger partial charge in [-0.1, -0.05) is 12.1 Å². The van der Waals surface area contributed by atoms with Crippen LogP contribution in [0.2, 0.25) is 0 Å². The zero-order chi connectivity index (χ0) is 32.4. The van der Waals surface area contributed by atoms with Gasteiger partial charge in [-0.15, -0.1) is 0 Å².